The highest BCUT2D eigenvalue weighted by atomic mass is 19.1. The highest BCUT2D eigenvalue weighted by Gasteiger charge is 2.25. The molecule has 2 aromatic carbocycles. The summed E-state index contributed by atoms with van der Waals surface area (Å²) in [5.41, 5.74) is 3.71. The SMILES string of the molecule is CCc1nc(-c2ccc3c(c2)CCN3C(=O)Cc2ccc(F)cc2)no1. The minimum absolute atomic E-state index is 0.0101. The van der Waals surface area contributed by atoms with Crippen molar-refractivity contribution >= 4 is 11.6 Å². The summed E-state index contributed by atoms with van der Waals surface area (Å²) in [6.45, 7) is 2.61. The summed E-state index contributed by atoms with van der Waals surface area (Å²) in [5, 5.41) is 4.00. The minimum Gasteiger partial charge on any atom is -0.339 e. The van der Waals surface area contributed by atoms with Crippen LogP contribution in [0, 0.1) is 5.82 Å². The van der Waals surface area contributed by atoms with E-state index in [1.165, 1.54) is 12.1 Å². The third-order valence-corrected chi connectivity index (χ3v) is 4.57. The van der Waals surface area contributed by atoms with E-state index >= 15 is 0 Å². The number of amides is 1. The fourth-order valence-corrected chi connectivity index (χ4v) is 3.19. The second kappa shape index (κ2) is 6.71. The predicted molar refractivity (Wildman–Crippen MR) is 95.3 cm³/mol. The molecule has 0 fully saturated rings. The molecular weight excluding hydrogens is 333 g/mol. The molecule has 6 heteroatoms. The van der Waals surface area contributed by atoms with Gasteiger partial charge in [-0.05, 0) is 47.9 Å². The molecule has 4 rings (SSSR count). The molecule has 2 heterocycles. The molecule has 0 aliphatic carbocycles. The van der Waals surface area contributed by atoms with Crippen LogP contribution in [-0.2, 0) is 24.1 Å². The number of hydrogen-bond donors (Lipinski definition) is 0. The number of carbonyl (C=O) groups excluding carboxylic acids is 1. The minimum atomic E-state index is -0.298. The molecule has 0 atom stereocenters. The second-order valence-corrected chi connectivity index (χ2v) is 6.31. The summed E-state index contributed by atoms with van der Waals surface area (Å²) in [7, 11) is 0. The molecule has 1 aromatic heterocycles. The molecule has 0 saturated heterocycles. The van der Waals surface area contributed by atoms with Crippen molar-refractivity contribution in [2.45, 2.75) is 26.2 Å². The Morgan fingerprint density at radius 3 is 2.77 bits per heavy atom. The third-order valence-electron chi connectivity index (χ3n) is 4.57. The summed E-state index contributed by atoms with van der Waals surface area (Å²) in [6, 6.07) is 11.9. The summed E-state index contributed by atoms with van der Waals surface area (Å²) in [5.74, 6) is 0.890. The van der Waals surface area contributed by atoms with Crippen molar-refractivity contribution in [3.05, 3.63) is 65.3 Å². The van der Waals surface area contributed by atoms with Crippen molar-refractivity contribution in [2.75, 3.05) is 11.4 Å². The summed E-state index contributed by atoms with van der Waals surface area (Å²) in [4.78, 5) is 18.8. The fourth-order valence-electron chi connectivity index (χ4n) is 3.19. The molecule has 26 heavy (non-hydrogen) atoms. The van der Waals surface area contributed by atoms with E-state index in [9.17, 15) is 9.18 Å². The van der Waals surface area contributed by atoms with Gasteiger partial charge in [-0.15, -0.1) is 0 Å². The van der Waals surface area contributed by atoms with E-state index in [2.05, 4.69) is 10.1 Å². The number of fused-ring (bicyclic) bond motifs is 1. The van der Waals surface area contributed by atoms with Gasteiger partial charge in [0.05, 0.1) is 6.42 Å². The Hall–Kier alpha value is -3.02. The Morgan fingerprint density at radius 2 is 2.04 bits per heavy atom. The smallest absolute Gasteiger partial charge is 0.231 e. The standard InChI is InChI=1S/C20H18FN3O2/c1-2-18-22-20(23-26-18)15-5-8-17-14(12-15)9-10-24(17)19(25)11-13-3-6-16(21)7-4-13/h3-8,12H,2,9-11H2,1H3. The van der Waals surface area contributed by atoms with E-state index in [4.69, 9.17) is 4.52 Å². The number of nitrogens with zero attached hydrogens (tertiary/aromatic N) is 3. The number of hydrogen-bond acceptors (Lipinski definition) is 4. The van der Waals surface area contributed by atoms with Gasteiger partial charge in [-0.25, -0.2) is 4.39 Å². The zero-order valence-electron chi connectivity index (χ0n) is 14.4. The van der Waals surface area contributed by atoms with Gasteiger partial charge in [0.15, 0.2) is 0 Å². The van der Waals surface area contributed by atoms with Gasteiger partial charge >= 0.3 is 0 Å². The van der Waals surface area contributed by atoms with Gasteiger partial charge in [0, 0.05) is 24.2 Å². The lowest BCUT2D eigenvalue weighted by molar-refractivity contribution is -0.117. The monoisotopic (exact) mass is 351 g/mol. The van der Waals surface area contributed by atoms with Crippen LogP contribution < -0.4 is 4.90 Å². The van der Waals surface area contributed by atoms with Crippen LogP contribution in [-0.4, -0.2) is 22.6 Å². The lowest BCUT2D eigenvalue weighted by Crippen LogP contribution is -2.30. The van der Waals surface area contributed by atoms with E-state index in [0.717, 1.165) is 28.8 Å². The van der Waals surface area contributed by atoms with E-state index in [1.807, 2.05) is 25.1 Å². The Morgan fingerprint density at radius 1 is 1.23 bits per heavy atom. The van der Waals surface area contributed by atoms with Gasteiger partial charge in [-0.2, -0.15) is 4.98 Å². The fraction of sp³-hybridized carbons (Fsp3) is 0.250. The van der Waals surface area contributed by atoms with E-state index in [1.54, 1.807) is 17.0 Å². The van der Waals surface area contributed by atoms with Crippen LogP contribution in [0.5, 0.6) is 0 Å². The first-order chi connectivity index (χ1) is 12.6. The van der Waals surface area contributed by atoms with Crippen LogP contribution in [0.1, 0.15) is 23.9 Å². The predicted octanol–water partition coefficient (Wildman–Crippen LogP) is 3.57. The average molecular weight is 351 g/mol. The van der Waals surface area contributed by atoms with Crippen molar-refractivity contribution in [1.82, 2.24) is 10.1 Å². The number of anilines is 1. The van der Waals surface area contributed by atoms with Gasteiger partial charge in [-0.3, -0.25) is 4.79 Å². The third kappa shape index (κ3) is 3.10. The largest absolute Gasteiger partial charge is 0.339 e. The maximum atomic E-state index is 13.0. The topological polar surface area (TPSA) is 59.2 Å². The number of benzene rings is 2. The molecule has 1 amide bonds. The lowest BCUT2D eigenvalue weighted by Gasteiger charge is -2.17. The van der Waals surface area contributed by atoms with Crippen LogP contribution >= 0.6 is 0 Å². The van der Waals surface area contributed by atoms with Crippen molar-refractivity contribution in [3.63, 3.8) is 0 Å². The number of carbonyl (C=O) groups is 1. The first kappa shape index (κ1) is 16.4. The summed E-state index contributed by atoms with van der Waals surface area (Å²) in [6.07, 6.45) is 1.74. The summed E-state index contributed by atoms with van der Waals surface area (Å²) < 4.78 is 18.2. The molecule has 0 bridgehead atoms. The molecule has 0 unspecified atom stereocenters. The van der Waals surface area contributed by atoms with Crippen LogP contribution in [0.25, 0.3) is 11.4 Å². The molecule has 1 aliphatic rings. The number of halogens is 1. The maximum Gasteiger partial charge on any atom is 0.231 e. The van der Waals surface area contributed by atoms with Crippen LogP contribution in [0.2, 0.25) is 0 Å². The Balaban J connectivity index is 1.54. The maximum absolute atomic E-state index is 13.0. The van der Waals surface area contributed by atoms with Gasteiger partial charge < -0.3 is 9.42 Å². The molecule has 5 nitrogen and oxygen atoms in total. The van der Waals surface area contributed by atoms with Gasteiger partial charge in [0.25, 0.3) is 0 Å². The highest BCUT2D eigenvalue weighted by Crippen LogP contribution is 2.32. The Kier molecular flexibility index (Phi) is 4.24. The van der Waals surface area contributed by atoms with Crippen molar-refractivity contribution < 1.29 is 13.7 Å². The van der Waals surface area contributed by atoms with Crippen LogP contribution in [0.3, 0.4) is 0 Å². The van der Waals surface area contributed by atoms with Crippen molar-refractivity contribution in [2.24, 2.45) is 0 Å². The van der Waals surface area contributed by atoms with Crippen molar-refractivity contribution in [3.8, 4) is 11.4 Å². The average Bonchev–Trinajstić information content (AvgIpc) is 3.29. The lowest BCUT2D eigenvalue weighted by atomic mass is 10.1. The van der Waals surface area contributed by atoms with E-state index in [-0.39, 0.29) is 18.1 Å². The van der Waals surface area contributed by atoms with Crippen molar-refractivity contribution in [1.29, 1.82) is 0 Å². The van der Waals surface area contributed by atoms with Crippen LogP contribution in [0.15, 0.2) is 47.0 Å². The van der Waals surface area contributed by atoms with E-state index < -0.39 is 0 Å². The first-order valence-electron chi connectivity index (χ1n) is 8.64. The molecule has 0 radical (unpaired) electrons. The molecule has 0 saturated carbocycles. The number of aromatic nitrogens is 2. The number of rotatable bonds is 4. The molecule has 132 valence electrons. The summed E-state index contributed by atoms with van der Waals surface area (Å²) >= 11 is 0. The molecule has 0 N–H and O–H groups in total. The zero-order valence-corrected chi connectivity index (χ0v) is 14.4. The Labute approximate surface area is 150 Å². The van der Waals surface area contributed by atoms with Crippen LogP contribution in [0.4, 0.5) is 10.1 Å². The molecule has 3 aromatic rings. The molecule has 0 spiro atoms. The molecular formula is C20H18FN3O2. The first-order valence-corrected chi connectivity index (χ1v) is 8.64. The normalized spacial score (nSPS) is 13.1. The Bertz CT molecular complexity index is 950. The zero-order chi connectivity index (χ0) is 18.1. The van der Waals surface area contributed by atoms with E-state index in [0.29, 0.717) is 24.7 Å². The highest BCUT2D eigenvalue weighted by molar-refractivity contribution is 5.97. The van der Waals surface area contributed by atoms with Gasteiger partial charge in [0.2, 0.25) is 17.6 Å². The molecule has 1 aliphatic heterocycles. The van der Waals surface area contributed by atoms with Gasteiger partial charge in [0.1, 0.15) is 5.82 Å². The second-order valence-electron chi connectivity index (χ2n) is 6.31. The quantitative estimate of drug-likeness (QED) is 0.721. The van der Waals surface area contributed by atoms with Gasteiger partial charge in [-0.1, -0.05) is 24.2 Å². The number of aryl methyl sites for hydroxylation is 1.